The third-order valence-electron chi connectivity index (χ3n) is 1.72. The van der Waals surface area contributed by atoms with Gasteiger partial charge in [-0.2, -0.15) is 5.10 Å². The molecule has 0 radical (unpaired) electrons. The molecule has 0 aliphatic heterocycles. The number of rotatable bonds is 4. The Morgan fingerprint density at radius 3 is 2.59 bits per heavy atom. The van der Waals surface area contributed by atoms with Crippen molar-refractivity contribution in [2.24, 2.45) is 10.8 Å². The Bertz CT molecular complexity index is 449. The Labute approximate surface area is 98.3 Å². The summed E-state index contributed by atoms with van der Waals surface area (Å²) in [5.41, 5.74) is 7.73. The number of nitrogens with two attached hydrogens (primary N) is 1. The first-order valence-corrected chi connectivity index (χ1v) is 4.86. The fraction of sp³-hybridized carbons (Fsp3) is 0. The maximum atomic E-state index is 12.6. The summed E-state index contributed by atoms with van der Waals surface area (Å²) < 4.78 is 12.6. The summed E-state index contributed by atoms with van der Waals surface area (Å²) in [6.07, 6.45) is 8.31. The van der Waals surface area contributed by atoms with Gasteiger partial charge in [-0.3, -0.25) is 0 Å². The molecule has 0 aromatic heterocycles. The summed E-state index contributed by atoms with van der Waals surface area (Å²) in [5, 5.41) is 3.51. The second kappa shape index (κ2) is 6.95. The fourth-order valence-electron chi connectivity index (χ4n) is 0.998. The number of allylic oxidation sites excluding steroid dienone is 3. The van der Waals surface area contributed by atoms with Gasteiger partial charge in [-0.05, 0) is 23.8 Å². The highest BCUT2D eigenvalue weighted by Crippen LogP contribution is 2.04. The second-order valence-electron chi connectivity index (χ2n) is 3.05. The number of halogens is 1. The van der Waals surface area contributed by atoms with E-state index in [9.17, 15) is 9.18 Å². The molecule has 1 rings (SSSR count). The van der Waals surface area contributed by atoms with Gasteiger partial charge in [0.15, 0.2) is 0 Å². The minimum Gasteiger partial charge on any atom is -0.350 e. The molecule has 0 saturated carbocycles. The van der Waals surface area contributed by atoms with Gasteiger partial charge >= 0.3 is 6.03 Å². The van der Waals surface area contributed by atoms with Crippen molar-refractivity contribution in [3.05, 3.63) is 53.9 Å². The number of hydrogen-bond donors (Lipinski definition) is 2. The number of hydrogen-bond acceptors (Lipinski definition) is 2. The fourth-order valence-corrected chi connectivity index (χ4v) is 0.998. The van der Waals surface area contributed by atoms with Gasteiger partial charge in [0, 0.05) is 6.21 Å². The largest absolute Gasteiger partial charge is 0.350 e. The van der Waals surface area contributed by atoms with Gasteiger partial charge in [-0.1, -0.05) is 30.4 Å². The zero-order valence-electron chi connectivity index (χ0n) is 9.01. The lowest BCUT2D eigenvalue weighted by atomic mass is 10.2. The van der Waals surface area contributed by atoms with Crippen molar-refractivity contribution in [2.45, 2.75) is 0 Å². The third kappa shape index (κ3) is 5.88. The summed E-state index contributed by atoms with van der Waals surface area (Å²) in [6, 6.07) is 5.41. The Hall–Kier alpha value is -2.43. The number of amides is 2. The number of nitrogens with zero attached hydrogens (tertiary/aromatic N) is 1. The zero-order valence-corrected chi connectivity index (χ0v) is 9.01. The van der Waals surface area contributed by atoms with Crippen LogP contribution in [0, 0.1) is 5.82 Å². The van der Waals surface area contributed by atoms with Gasteiger partial charge in [0.25, 0.3) is 0 Å². The molecule has 0 fully saturated rings. The van der Waals surface area contributed by atoms with Crippen molar-refractivity contribution in [1.82, 2.24) is 5.43 Å². The molecule has 4 nitrogen and oxygen atoms in total. The van der Waals surface area contributed by atoms with E-state index in [1.165, 1.54) is 18.3 Å². The van der Waals surface area contributed by atoms with Crippen molar-refractivity contribution >= 4 is 18.3 Å². The molecule has 3 N–H and O–H groups in total. The van der Waals surface area contributed by atoms with Gasteiger partial charge in [-0.25, -0.2) is 14.6 Å². The number of nitrogens with one attached hydrogen (secondary N) is 1. The lowest BCUT2D eigenvalue weighted by molar-refractivity contribution is 0.249. The lowest BCUT2D eigenvalue weighted by Gasteiger charge is -1.90. The summed E-state index contributed by atoms with van der Waals surface area (Å²) in [5.74, 6) is -0.262. The molecule has 0 heterocycles. The van der Waals surface area contributed by atoms with Gasteiger partial charge in [0.05, 0.1) is 0 Å². The molecule has 0 atom stereocenters. The van der Waals surface area contributed by atoms with Gasteiger partial charge in [0.2, 0.25) is 0 Å². The maximum absolute atomic E-state index is 12.6. The molecular weight excluding hydrogens is 221 g/mol. The number of hydrazone groups is 1. The van der Waals surface area contributed by atoms with E-state index in [4.69, 9.17) is 5.73 Å². The SMILES string of the molecule is NC(=O)NN=C/C=C/C=C/c1ccc(F)cc1. The van der Waals surface area contributed by atoms with Gasteiger partial charge in [0.1, 0.15) is 5.82 Å². The van der Waals surface area contributed by atoms with E-state index in [0.29, 0.717) is 0 Å². The Morgan fingerprint density at radius 2 is 1.94 bits per heavy atom. The van der Waals surface area contributed by atoms with Crippen molar-refractivity contribution in [3.63, 3.8) is 0 Å². The van der Waals surface area contributed by atoms with Crippen LogP contribution in [0.15, 0.2) is 47.6 Å². The van der Waals surface area contributed by atoms with Crippen LogP contribution in [0.3, 0.4) is 0 Å². The lowest BCUT2D eigenvalue weighted by Crippen LogP contribution is -2.24. The van der Waals surface area contributed by atoms with Gasteiger partial charge in [-0.15, -0.1) is 0 Å². The summed E-state index contributed by atoms with van der Waals surface area (Å²) in [6.45, 7) is 0. The van der Waals surface area contributed by atoms with Crippen LogP contribution < -0.4 is 11.2 Å². The first-order chi connectivity index (χ1) is 8.18. The molecule has 2 amide bonds. The van der Waals surface area contributed by atoms with Crippen molar-refractivity contribution < 1.29 is 9.18 Å². The second-order valence-corrected chi connectivity index (χ2v) is 3.05. The summed E-state index contributed by atoms with van der Waals surface area (Å²) >= 11 is 0. The molecule has 0 spiro atoms. The standard InChI is InChI=1S/C12H12FN3O/c13-11-7-5-10(6-8-11)4-2-1-3-9-15-16-12(14)17/h1-9H,(H3,14,16,17)/b3-1+,4-2+,15-9?. The molecule has 1 aromatic carbocycles. The molecule has 5 heteroatoms. The van der Waals surface area contributed by atoms with Crippen molar-refractivity contribution in [1.29, 1.82) is 0 Å². The predicted octanol–water partition coefficient (Wildman–Crippen LogP) is 2.05. The van der Waals surface area contributed by atoms with E-state index in [2.05, 4.69) is 10.5 Å². The van der Waals surface area contributed by atoms with Crippen LogP contribution in [0.1, 0.15) is 5.56 Å². The zero-order chi connectivity index (χ0) is 12.5. The predicted molar refractivity (Wildman–Crippen MR) is 65.8 cm³/mol. The van der Waals surface area contributed by atoms with Crippen LogP contribution in [-0.4, -0.2) is 12.2 Å². The smallest absolute Gasteiger partial charge is 0.332 e. The van der Waals surface area contributed by atoms with E-state index >= 15 is 0 Å². The molecule has 0 unspecified atom stereocenters. The van der Waals surface area contributed by atoms with E-state index in [-0.39, 0.29) is 5.82 Å². The average molecular weight is 233 g/mol. The van der Waals surface area contributed by atoms with Gasteiger partial charge < -0.3 is 5.73 Å². The molecule has 17 heavy (non-hydrogen) atoms. The molecule has 0 bridgehead atoms. The average Bonchev–Trinajstić information content (AvgIpc) is 2.30. The van der Waals surface area contributed by atoms with Crippen LogP contribution in [0.4, 0.5) is 9.18 Å². The number of carbonyl (C=O) groups excluding carboxylic acids is 1. The van der Waals surface area contributed by atoms with Crippen LogP contribution >= 0.6 is 0 Å². The highest BCUT2D eigenvalue weighted by Gasteiger charge is 1.87. The monoisotopic (exact) mass is 233 g/mol. The normalized spacial score (nSPS) is 11.6. The van der Waals surface area contributed by atoms with Crippen LogP contribution in [-0.2, 0) is 0 Å². The highest BCUT2D eigenvalue weighted by atomic mass is 19.1. The first-order valence-electron chi connectivity index (χ1n) is 4.86. The highest BCUT2D eigenvalue weighted by molar-refractivity contribution is 5.76. The Morgan fingerprint density at radius 1 is 1.24 bits per heavy atom. The molecule has 0 aliphatic rings. The quantitative estimate of drug-likeness (QED) is 0.466. The van der Waals surface area contributed by atoms with Crippen LogP contribution in [0.25, 0.3) is 6.08 Å². The molecule has 88 valence electrons. The van der Waals surface area contributed by atoms with Crippen LogP contribution in [0.2, 0.25) is 0 Å². The molecule has 0 aliphatic carbocycles. The maximum Gasteiger partial charge on any atom is 0.332 e. The number of benzene rings is 1. The number of carbonyl (C=O) groups is 1. The van der Waals surface area contributed by atoms with Crippen molar-refractivity contribution in [2.75, 3.05) is 0 Å². The Balaban J connectivity index is 2.39. The van der Waals surface area contributed by atoms with E-state index in [1.807, 2.05) is 6.08 Å². The molecule has 0 saturated heterocycles. The first kappa shape index (κ1) is 12.6. The number of primary amides is 1. The van der Waals surface area contributed by atoms with E-state index in [1.54, 1.807) is 30.4 Å². The van der Waals surface area contributed by atoms with Crippen molar-refractivity contribution in [3.8, 4) is 0 Å². The van der Waals surface area contributed by atoms with Crippen LogP contribution in [0.5, 0.6) is 0 Å². The summed E-state index contributed by atoms with van der Waals surface area (Å²) in [4.78, 5) is 10.2. The molecular formula is C12H12FN3O. The third-order valence-corrected chi connectivity index (χ3v) is 1.72. The minimum absolute atomic E-state index is 0.262. The van der Waals surface area contributed by atoms with E-state index in [0.717, 1.165) is 5.56 Å². The summed E-state index contributed by atoms with van der Waals surface area (Å²) in [7, 11) is 0. The van der Waals surface area contributed by atoms with E-state index < -0.39 is 6.03 Å². The number of urea groups is 1. The minimum atomic E-state index is -0.712. The topological polar surface area (TPSA) is 67.5 Å². The Kier molecular flexibility index (Phi) is 5.16. The molecule has 1 aromatic rings.